The Kier molecular flexibility index (Phi) is 3.89. The van der Waals surface area contributed by atoms with Crippen LogP contribution in [0.5, 0.6) is 0 Å². The summed E-state index contributed by atoms with van der Waals surface area (Å²) in [5.41, 5.74) is 1.16. The highest BCUT2D eigenvalue weighted by molar-refractivity contribution is 6.33. The highest BCUT2D eigenvalue weighted by Gasteiger charge is 2.14. The Morgan fingerprint density at radius 1 is 1.33 bits per heavy atom. The molecule has 2 aromatic rings. The zero-order valence-electron chi connectivity index (χ0n) is 9.80. The number of nitrogens with zero attached hydrogens (tertiary/aromatic N) is 2. The molecule has 0 bridgehead atoms. The molecular weight excluding hydrogens is 250 g/mol. The Morgan fingerprint density at radius 3 is 2.83 bits per heavy atom. The van der Waals surface area contributed by atoms with Gasteiger partial charge in [-0.2, -0.15) is 0 Å². The SMILES string of the molecule is CC(NC(=O)c1cnccc1Cl)c1ccccn1. The molecule has 1 amide bonds. The van der Waals surface area contributed by atoms with Crippen molar-refractivity contribution in [3.63, 3.8) is 0 Å². The number of aromatic nitrogens is 2. The number of amides is 1. The molecule has 0 aromatic carbocycles. The van der Waals surface area contributed by atoms with E-state index in [2.05, 4.69) is 15.3 Å². The highest BCUT2D eigenvalue weighted by atomic mass is 35.5. The van der Waals surface area contributed by atoms with Gasteiger partial charge in [-0.25, -0.2) is 0 Å². The zero-order valence-corrected chi connectivity index (χ0v) is 10.6. The van der Waals surface area contributed by atoms with Gasteiger partial charge in [0.05, 0.1) is 22.3 Å². The Morgan fingerprint density at radius 2 is 2.17 bits per heavy atom. The van der Waals surface area contributed by atoms with Crippen LogP contribution in [0.2, 0.25) is 5.02 Å². The van der Waals surface area contributed by atoms with Gasteiger partial charge in [0.2, 0.25) is 0 Å². The maximum Gasteiger partial charge on any atom is 0.254 e. The molecule has 1 unspecified atom stereocenters. The van der Waals surface area contributed by atoms with E-state index >= 15 is 0 Å². The maximum absolute atomic E-state index is 12.0. The van der Waals surface area contributed by atoms with Crippen molar-refractivity contribution in [1.82, 2.24) is 15.3 Å². The maximum atomic E-state index is 12.0. The van der Waals surface area contributed by atoms with Gasteiger partial charge < -0.3 is 5.32 Å². The fourth-order valence-electron chi connectivity index (χ4n) is 1.53. The molecule has 0 aliphatic heterocycles. The summed E-state index contributed by atoms with van der Waals surface area (Å²) >= 11 is 5.93. The largest absolute Gasteiger partial charge is 0.344 e. The minimum Gasteiger partial charge on any atom is -0.344 e. The molecule has 5 heteroatoms. The number of nitrogens with one attached hydrogen (secondary N) is 1. The molecule has 0 saturated carbocycles. The van der Waals surface area contributed by atoms with E-state index in [1.807, 2.05) is 25.1 Å². The minimum atomic E-state index is -0.258. The smallest absolute Gasteiger partial charge is 0.254 e. The lowest BCUT2D eigenvalue weighted by atomic mass is 10.2. The summed E-state index contributed by atoms with van der Waals surface area (Å²) in [6.07, 6.45) is 4.68. The summed E-state index contributed by atoms with van der Waals surface area (Å²) in [5, 5.41) is 3.21. The lowest BCUT2D eigenvalue weighted by molar-refractivity contribution is 0.0939. The van der Waals surface area contributed by atoms with Crippen molar-refractivity contribution in [3.05, 3.63) is 59.1 Å². The first kappa shape index (κ1) is 12.5. The summed E-state index contributed by atoms with van der Waals surface area (Å²) < 4.78 is 0. The summed E-state index contributed by atoms with van der Waals surface area (Å²) in [6.45, 7) is 1.87. The van der Waals surface area contributed by atoms with Gasteiger partial charge in [0.1, 0.15) is 0 Å². The summed E-state index contributed by atoms with van der Waals surface area (Å²) in [4.78, 5) is 20.1. The van der Waals surface area contributed by atoms with Crippen LogP contribution in [0.1, 0.15) is 29.0 Å². The molecule has 0 aliphatic carbocycles. The van der Waals surface area contributed by atoms with Gasteiger partial charge >= 0.3 is 0 Å². The van der Waals surface area contributed by atoms with Gasteiger partial charge in [-0.15, -0.1) is 0 Å². The highest BCUT2D eigenvalue weighted by Crippen LogP contribution is 2.15. The lowest BCUT2D eigenvalue weighted by Crippen LogP contribution is -2.27. The Balaban J connectivity index is 2.11. The number of hydrogen-bond acceptors (Lipinski definition) is 3. The van der Waals surface area contributed by atoms with Crippen molar-refractivity contribution in [2.24, 2.45) is 0 Å². The molecule has 0 radical (unpaired) electrons. The fourth-order valence-corrected chi connectivity index (χ4v) is 1.72. The number of rotatable bonds is 3. The molecule has 2 heterocycles. The molecule has 0 fully saturated rings. The first-order valence-electron chi connectivity index (χ1n) is 5.50. The van der Waals surface area contributed by atoms with Gasteiger partial charge in [0, 0.05) is 18.6 Å². The minimum absolute atomic E-state index is 0.185. The quantitative estimate of drug-likeness (QED) is 0.924. The van der Waals surface area contributed by atoms with Crippen LogP contribution in [0.4, 0.5) is 0 Å². The Hall–Kier alpha value is -1.94. The van der Waals surface area contributed by atoms with Crippen molar-refractivity contribution in [2.45, 2.75) is 13.0 Å². The van der Waals surface area contributed by atoms with Crippen LogP contribution < -0.4 is 5.32 Å². The second kappa shape index (κ2) is 5.60. The van der Waals surface area contributed by atoms with Crippen LogP contribution in [0, 0.1) is 0 Å². The number of pyridine rings is 2. The van der Waals surface area contributed by atoms with E-state index in [1.165, 1.54) is 6.20 Å². The van der Waals surface area contributed by atoms with Gasteiger partial charge in [-0.1, -0.05) is 17.7 Å². The average molecular weight is 262 g/mol. The second-order valence-electron chi connectivity index (χ2n) is 3.81. The molecule has 1 N–H and O–H groups in total. The van der Waals surface area contributed by atoms with Crippen molar-refractivity contribution in [1.29, 1.82) is 0 Å². The molecule has 2 aromatic heterocycles. The first-order valence-corrected chi connectivity index (χ1v) is 5.87. The van der Waals surface area contributed by atoms with E-state index < -0.39 is 0 Å². The zero-order chi connectivity index (χ0) is 13.0. The molecule has 92 valence electrons. The standard InChI is InChI=1S/C13H12ClN3O/c1-9(12-4-2-3-6-16-12)17-13(18)10-8-15-7-5-11(10)14/h2-9H,1H3,(H,17,18). The third kappa shape index (κ3) is 2.84. The average Bonchev–Trinajstić information content (AvgIpc) is 2.40. The second-order valence-corrected chi connectivity index (χ2v) is 4.21. The Labute approximate surface area is 110 Å². The predicted molar refractivity (Wildman–Crippen MR) is 69.4 cm³/mol. The monoisotopic (exact) mass is 261 g/mol. The molecule has 4 nitrogen and oxygen atoms in total. The van der Waals surface area contributed by atoms with E-state index in [9.17, 15) is 4.79 Å². The van der Waals surface area contributed by atoms with Crippen LogP contribution in [0.15, 0.2) is 42.9 Å². The van der Waals surface area contributed by atoms with Crippen LogP contribution in [0.3, 0.4) is 0 Å². The summed E-state index contributed by atoms with van der Waals surface area (Å²) in [6, 6.07) is 6.96. The number of hydrogen-bond donors (Lipinski definition) is 1. The molecular formula is C13H12ClN3O. The molecule has 0 saturated heterocycles. The van der Waals surface area contributed by atoms with Crippen LogP contribution in [-0.4, -0.2) is 15.9 Å². The third-order valence-corrected chi connectivity index (χ3v) is 2.82. The van der Waals surface area contributed by atoms with Gasteiger partial charge in [-0.05, 0) is 25.1 Å². The fraction of sp³-hybridized carbons (Fsp3) is 0.154. The molecule has 0 spiro atoms. The van der Waals surface area contributed by atoms with E-state index in [0.29, 0.717) is 10.6 Å². The first-order chi connectivity index (χ1) is 8.68. The van der Waals surface area contributed by atoms with E-state index in [1.54, 1.807) is 18.5 Å². The number of halogens is 1. The van der Waals surface area contributed by atoms with E-state index in [-0.39, 0.29) is 11.9 Å². The van der Waals surface area contributed by atoms with Crippen molar-refractivity contribution >= 4 is 17.5 Å². The van der Waals surface area contributed by atoms with E-state index in [0.717, 1.165) is 5.69 Å². The van der Waals surface area contributed by atoms with Crippen molar-refractivity contribution in [3.8, 4) is 0 Å². The molecule has 0 aliphatic rings. The molecule has 18 heavy (non-hydrogen) atoms. The van der Waals surface area contributed by atoms with Crippen molar-refractivity contribution in [2.75, 3.05) is 0 Å². The number of carbonyl (C=O) groups excluding carboxylic acids is 1. The molecule has 2 rings (SSSR count). The van der Waals surface area contributed by atoms with Gasteiger partial charge in [0.15, 0.2) is 0 Å². The predicted octanol–water partition coefficient (Wildman–Crippen LogP) is 2.62. The van der Waals surface area contributed by atoms with Crippen LogP contribution >= 0.6 is 11.6 Å². The van der Waals surface area contributed by atoms with Gasteiger partial charge in [0.25, 0.3) is 5.91 Å². The molecule has 1 atom stereocenters. The summed E-state index contributed by atoms with van der Waals surface area (Å²) in [7, 11) is 0. The Bertz CT molecular complexity index is 545. The summed E-state index contributed by atoms with van der Waals surface area (Å²) in [5.74, 6) is -0.258. The lowest BCUT2D eigenvalue weighted by Gasteiger charge is -2.13. The topological polar surface area (TPSA) is 54.9 Å². The van der Waals surface area contributed by atoms with Gasteiger partial charge in [-0.3, -0.25) is 14.8 Å². The third-order valence-electron chi connectivity index (χ3n) is 2.49. The van der Waals surface area contributed by atoms with Crippen molar-refractivity contribution < 1.29 is 4.79 Å². The van der Waals surface area contributed by atoms with Crippen LogP contribution in [0.25, 0.3) is 0 Å². The van der Waals surface area contributed by atoms with Crippen LogP contribution in [-0.2, 0) is 0 Å². The number of carbonyl (C=O) groups is 1. The normalized spacial score (nSPS) is 11.9. The van der Waals surface area contributed by atoms with E-state index in [4.69, 9.17) is 11.6 Å².